The molecular weight excluding hydrogens is 342 g/mol. The molecule has 7 nitrogen and oxygen atoms in total. The van der Waals surface area contributed by atoms with E-state index in [-0.39, 0.29) is 28.7 Å². The molecule has 2 aromatic rings. The minimum absolute atomic E-state index is 0. The predicted octanol–water partition coefficient (Wildman–Crippen LogP) is 1.66. The number of aromatic nitrogens is 1. The van der Waals surface area contributed by atoms with Crippen molar-refractivity contribution in [3.8, 4) is 0 Å². The zero-order valence-electron chi connectivity index (χ0n) is 11.6. The number of halogens is 1. The maximum atomic E-state index is 12.2. The molecule has 0 unspecified atom stereocenters. The first-order valence-electron chi connectivity index (χ1n) is 6.27. The Hall–Kier alpha value is -2.58. The van der Waals surface area contributed by atoms with Gasteiger partial charge < -0.3 is 10.4 Å². The smallest absolute Gasteiger partial charge is 0.277 e. The van der Waals surface area contributed by atoms with E-state index in [0.717, 1.165) is 0 Å². The lowest BCUT2D eigenvalue weighted by molar-refractivity contribution is -0.113. The Morgan fingerprint density at radius 1 is 1.13 bits per heavy atom. The van der Waals surface area contributed by atoms with Gasteiger partial charge in [0.1, 0.15) is 5.82 Å². The molecule has 1 aromatic heterocycles. The topological polar surface area (TPSA) is 108 Å². The van der Waals surface area contributed by atoms with Crippen LogP contribution in [-0.4, -0.2) is 24.4 Å². The third-order valence-electron chi connectivity index (χ3n) is 3.04. The van der Waals surface area contributed by atoms with Crippen LogP contribution in [0.2, 0.25) is 0 Å². The number of sulfonamides is 1. The molecule has 0 saturated carbocycles. The number of pyridine rings is 1. The molecule has 1 aliphatic heterocycles. The molecule has 0 spiro atoms. The fourth-order valence-corrected chi connectivity index (χ4v) is 3.32. The fourth-order valence-electron chi connectivity index (χ4n) is 2.04. The molecule has 3 N–H and O–H groups in total. The average Bonchev–Trinajstić information content (AvgIpc) is 2.52. The van der Waals surface area contributed by atoms with E-state index < -0.39 is 27.4 Å². The van der Waals surface area contributed by atoms with Crippen molar-refractivity contribution < 1.29 is 18.3 Å². The van der Waals surface area contributed by atoms with E-state index in [2.05, 4.69) is 15.0 Å². The largest absolute Gasteiger partial charge is 0.505 e. The first-order chi connectivity index (χ1) is 10.5. The van der Waals surface area contributed by atoms with Gasteiger partial charge in [-0.15, -0.1) is 12.4 Å². The minimum atomic E-state index is -3.91. The van der Waals surface area contributed by atoms with Crippen molar-refractivity contribution in [3.63, 3.8) is 0 Å². The molecule has 9 heteroatoms. The number of amides is 1. The molecule has 0 atom stereocenters. The van der Waals surface area contributed by atoms with Crippen molar-refractivity contribution in [2.24, 2.45) is 0 Å². The SMILES string of the molecule is Cl.O=C(Nc1ccccn1)C1=C(O)c2ccccc2S(=O)(=O)N1. The Kier molecular flexibility index (Phi) is 4.57. The van der Waals surface area contributed by atoms with Gasteiger partial charge in [-0.3, -0.25) is 9.52 Å². The van der Waals surface area contributed by atoms with Crippen LogP contribution in [0.5, 0.6) is 0 Å². The van der Waals surface area contributed by atoms with Gasteiger partial charge in [-0.1, -0.05) is 18.2 Å². The zero-order valence-corrected chi connectivity index (χ0v) is 13.2. The summed E-state index contributed by atoms with van der Waals surface area (Å²) in [5.74, 6) is -0.987. The minimum Gasteiger partial charge on any atom is -0.505 e. The van der Waals surface area contributed by atoms with E-state index in [4.69, 9.17) is 0 Å². The highest BCUT2D eigenvalue weighted by Crippen LogP contribution is 2.28. The Balaban J connectivity index is 0.00000192. The van der Waals surface area contributed by atoms with E-state index in [1.807, 2.05) is 0 Å². The molecular formula is C14H12ClN3O4S. The van der Waals surface area contributed by atoms with Crippen molar-refractivity contribution in [1.29, 1.82) is 0 Å². The monoisotopic (exact) mass is 353 g/mol. The molecule has 1 amide bonds. The lowest BCUT2D eigenvalue weighted by atomic mass is 10.1. The van der Waals surface area contributed by atoms with Gasteiger partial charge in [-0.05, 0) is 24.3 Å². The zero-order chi connectivity index (χ0) is 15.7. The molecule has 0 radical (unpaired) electrons. The Morgan fingerprint density at radius 2 is 1.83 bits per heavy atom. The van der Waals surface area contributed by atoms with Crippen LogP contribution in [0, 0.1) is 0 Å². The van der Waals surface area contributed by atoms with Crippen molar-refractivity contribution in [2.45, 2.75) is 4.90 Å². The number of carbonyl (C=O) groups excluding carboxylic acids is 1. The van der Waals surface area contributed by atoms with Crippen molar-refractivity contribution in [1.82, 2.24) is 9.71 Å². The summed E-state index contributed by atoms with van der Waals surface area (Å²) in [6, 6.07) is 10.8. The van der Waals surface area contributed by atoms with Gasteiger partial charge in [-0.25, -0.2) is 13.4 Å². The molecule has 3 rings (SSSR count). The van der Waals surface area contributed by atoms with Crippen LogP contribution in [0.4, 0.5) is 5.82 Å². The highest BCUT2D eigenvalue weighted by molar-refractivity contribution is 7.89. The van der Waals surface area contributed by atoms with E-state index in [1.165, 1.54) is 24.4 Å². The molecule has 0 fully saturated rings. The third-order valence-corrected chi connectivity index (χ3v) is 4.45. The van der Waals surface area contributed by atoms with Crippen molar-refractivity contribution in [2.75, 3.05) is 5.32 Å². The number of rotatable bonds is 2. The number of carbonyl (C=O) groups is 1. The van der Waals surface area contributed by atoms with Crippen LogP contribution in [0.15, 0.2) is 59.3 Å². The van der Waals surface area contributed by atoms with Crippen molar-refractivity contribution in [3.05, 3.63) is 59.9 Å². The number of benzene rings is 1. The molecule has 0 saturated heterocycles. The summed E-state index contributed by atoms with van der Waals surface area (Å²) in [5.41, 5.74) is -0.364. The molecule has 0 bridgehead atoms. The summed E-state index contributed by atoms with van der Waals surface area (Å²) in [6.45, 7) is 0. The number of hydrogen-bond donors (Lipinski definition) is 3. The van der Waals surface area contributed by atoms with Crippen LogP contribution in [0.1, 0.15) is 5.56 Å². The van der Waals surface area contributed by atoms with E-state index in [0.29, 0.717) is 0 Å². The molecule has 120 valence electrons. The number of aliphatic hydroxyl groups is 1. The number of hydrogen-bond acceptors (Lipinski definition) is 5. The maximum absolute atomic E-state index is 12.2. The second-order valence-electron chi connectivity index (χ2n) is 4.49. The predicted molar refractivity (Wildman–Crippen MR) is 86.4 cm³/mol. The highest BCUT2D eigenvalue weighted by Gasteiger charge is 2.32. The van der Waals surface area contributed by atoms with E-state index in [1.54, 1.807) is 24.3 Å². The Bertz CT molecular complexity index is 882. The fraction of sp³-hybridized carbons (Fsp3) is 0. The molecule has 0 aliphatic carbocycles. The molecule has 23 heavy (non-hydrogen) atoms. The lowest BCUT2D eigenvalue weighted by Crippen LogP contribution is -2.35. The van der Waals surface area contributed by atoms with Crippen LogP contribution >= 0.6 is 12.4 Å². The van der Waals surface area contributed by atoms with Gasteiger partial charge in [0, 0.05) is 11.8 Å². The standard InChI is InChI=1S/C14H11N3O4S.ClH/c18-13-9-5-1-2-6-10(9)22(20,21)17-12(13)14(19)16-11-7-3-4-8-15-11;/h1-8,17-18H,(H,15,16,19);1H. The van der Waals surface area contributed by atoms with Gasteiger partial charge in [-0.2, -0.15) is 0 Å². The molecule has 2 heterocycles. The first kappa shape index (κ1) is 16.8. The summed E-state index contributed by atoms with van der Waals surface area (Å²) < 4.78 is 26.3. The number of fused-ring (bicyclic) bond motifs is 1. The summed E-state index contributed by atoms with van der Waals surface area (Å²) >= 11 is 0. The second kappa shape index (κ2) is 6.27. The Labute approximate surface area is 138 Å². The summed E-state index contributed by atoms with van der Waals surface area (Å²) in [4.78, 5) is 16.0. The van der Waals surface area contributed by atoms with Gasteiger partial charge >= 0.3 is 0 Å². The summed E-state index contributed by atoms with van der Waals surface area (Å²) in [6.07, 6.45) is 1.48. The van der Waals surface area contributed by atoms with Gasteiger partial charge in [0.05, 0.1) is 4.90 Å². The van der Waals surface area contributed by atoms with Crippen LogP contribution in [-0.2, 0) is 14.8 Å². The van der Waals surface area contributed by atoms with Crippen LogP contribution < -0.4 is 10.0 Å². The van der Waals surface area contributed by atoms with Gasteiger partial charge in [0.15, 0.2) is 11.5 Å². The van der Waals surface area contributed by atoms with Gasteiger partial charge in [0.25, 0.3) is 15.9 Å². The number of nitrogens with one attached hydrogen (secondary N) is 2. The number of aliphatic hydroxyl groups excluding tert-OH is 1. The third kappa shape index (κ3) is 3.13. The number of nitrogens with zero attached hydrogens (tertiary/aromatic N) is 1. The van der Waals surface area contributed by atoms with Crippen LogP contribution in [0.25, 0.3) is 5.76 Å². The number of anilines is 1. The quantitative estimate of drug-likeness (QED) is 0.760. The van der Waals surface area contributed by atoms with E-state index >= 15 is 0 Å². The van der Waals surface area contributed by atoms with Crippen LogP contribution in [0.3, 0.4) is 0 Å². The summed E-state index contributed by atoms with van der Waals surface area (Å²) in [7, 11) is -3.91. The molecule has 1 aromatic carbocycles. The lowest BCUT2D eigenvalue weighted by Gasteiger charge is -2.20. The first-order valence-corrected chi connectivity index (χ1v) is 7.75. The van der Waals surface area contributed by atoms with E-state index in [9.17, 15) is 18.3 Å². The molecule has 1 aliphatic rings. The van der Waals surface area contributed by atoms with Gasteiger partial charge in [0.2, 0.25) is 0 Å². The highest BCUT2D eigenvalue weighted by atomic mass is 35.5. The normalized spacial score (nSPS) is 15.0. The van der Waals surface area contributed by atoms with Crippen molar-refractivity contribution >= 4 is 39.9 Å². The average molecular weight is 354 g/mol. The maximum Gasteiger partial charge on any atom is 0.277 e. The summed E-state index contributed by atoms with van der Waals surface area (Å²) in [5, 5.41) is 12.6. The Morgan fingerprint density at radius 3 is 2.52 bits per heavy atom. The second-order valence-corrected chi connectivity index (χ2v) is 6.15.